The molecule has 1 heterocycles. The van der Waals surface area contributed by atoms with Gasteiger partial charge in [0.2, 0.25) is 0 Å². The first kappa shape index (κ1) is 18.1. The molecule has 0 fully saturated rings. The SMILES string of the molecule is CC(C)C(=O)c1ccc2nc(-c3ccc(NCCN(C)C)cc3)[nH]c2c1. The van der Waals surface area contributed by atoms with E-state index in [1.165, 1.54) is 0 Å². The Morgan fingerprint density at radius 2 is 1.88 bits per heavy atom. The number of hydrogen-bond donors (Lipinski definition) is 2. The topological polar surface area (TPSA) is 61.0 Å². The molecule has 0 saturated heterocycles. The summed E-state index contributed by atoms with van der Waals surface area (Å²) in [5, 5.41) is 3.40. The number of nitrogens with zero attached hydrogens (tertiary/aromatic N) is 2. The summed E-state index contributed by atoms with van der Waals surface area (Å²) < 4.78 is 0. The van der Waals surface area contributed by atoms with E-state index in [-0.39, 0.29) is 11.7 Å². The van der Waals surface area contributed by atoms with Gasteiger partial charge in [-0.05, 0) is 56.6 Å². The smallest absolute Gasteiger partial charge is 0.165 e. The van der Waals surface area contributed by atoms with Gasteiger partial charge >= 0.3 is 0 Å². The Labute approximate surface area is 154 Å². The summed E-state index contributed by atoms with van der Waals surface area (Å²) in [7, 11) is 4.12. The van der Waals surface area contributed by atoms with E-state index in [1.807, 2.05) is 32.0 Å². The maximum atomic E-state index is 12.2. The summed E-state index contributed by atoms with van der Waals surface area (Å²) in [6, 6.07) is 13.9. The molecule has 5 nitrogen and oxygen atoms in total. The zero-order valence-electron chi connectivity index (χ0n) is 15.8. The standard InChI is InChI=1S/C21H26N4O/c1-14(2)20(26)16-7-10-18-19(13-16)24-21(23-18)15-5-8-17(9-6-15)22-11-12-25(3)4/h5-10,13-14,22H,11-12H2,1-4H3,(H,23,24). The predicted octanol–water partition coefficient (Wildman–Crippen LogP) is 4.04. The Balaban J connectivity index is 1.78. The van der Waals surface area contributed by atoms with E-state index < -0.39 is 0 Å². The van der Waals surface area contributed by atoms with Crippen LogP contribution in [0, 0.1) is 5.92 Å². The maximum Gasteiger partial charge on any atom is 0.165 e. The number of benzene rings is 2. The van der Waals surface area contributed by atoms with Crippen LogP contribution in [0.5, 0.6) is 0 Å². The van der Waals surface area contributed by atoms with Gasteiger partial charge in [-0.2, -0.15) is 0 Å². The van der Waals surface area contributed by atoms with Crippen molar-refractivity contribution in [3.8, 4) is 11.4 Å². The van der Waals surface area contributed by atoms with Crippen molar-refractivity contribution in [3.63, 3.8) is 0 Å². The number of likely N-dealkylation sites (N-methyl/N-ethyl adjacent to an activating group) is 1. The Hall–Kier alpha value is -2.66. The lowest BCUT2D eigenvalue weighted by atomic mass is 10.0. The van der Waals surface area contributed by atoms with Gasteiger partial charge in [-0.3, -0.25) is 4.79 Å². The number of carbonyl (C=O) groups excluding carboxylic acids is 1. The zero-order valence-corrected chi connectivity index (χ0v) is 15.8. The number of nitrogens with one attached hydrogen (secondary N) is 2. The summed E-state index contributed by atoms with van der Waals surface area (Å²) in [5.74, 6) is 0.951. The van der Waals surface area contributed by atoms with E-state index in [9.17, 15) is 4.79 Å². The van der Waals surface area contributed by atoms with Crippen LogP contribution in [-0.2, 0) is 0 Å². The molecule has 136 valence electrons. The molecule has 0 saturated carbocycles. The van der Waals surface area contributed by atoms with Crippen LogP contribution < -0.4 is 5.32 Å². The van der Waals surface area contributed by atoms with Crippen LogP contribution in [0.1, 0.15) is 24.2 Å². The van der Waals surface area contributed by atoms with Gasteiger partial charge in [0.25, 0.3) is 0 Å². The van der Waals surface area contributed by atoms with Crippen molar-refractivity contribution in [1.82, 2.24) is 14.9 Å². The number of aromatic nitrogens is 2. The molecule has 0 aliphatic rings. The van der Waals surface area contributed by atoms with Crippen LogP contribution in [0.4, 0.5) is 5.69 Å². The Bertz CT molecular complexity index is 894. The van der Waals surface area contributed by atoms with Gasteiger partial charge in [0.15, 0.2) is 5.78 Å². The van der Waals surface area contributed by atoms with Crippen LogP contribution in [0.2, 0.25) is 0 Å². The summed E-state index contributed by atoms with van der Waals surface area (Å²) >= 11 is 0. The van der Waals surface area contributed by atoms with Crippen LogP contribution in [0.3, 0.4) is 0 Å². The first-order chi connectivity index (χ1) is 12.4. The van der Waals surface area contributed by atoms with E-state index in [1.54, 1.807) is 0 Å². The molecule has 3 aromatic rings. The van der Waals surface area contributed by atoms with Crippen molar-refractivity contribution in [2.75, 3.05) is 32.5 Å². The van der Waals surface area contributed by atoms with Crippen molar-refractivity contribution >= 4 is 22.5 Å². The fourth-order valence-electron chi connectivity index (χ4n) is 2.80. The average Bonchev–Trinajstić information content (AvgIpc) is 3.04. The molecule has 26 heavy (non-hydrogen) atoms. The molecular weight excluding hydrogens is 324 g/mol. The third kappa shape index (κ3) is 4.11. The second-order valence-electron chi connectivity index (χ2n) is 7.14. The summed E-state index contributed by atoms with van der Waals surface area (Å²) in [5.41, 5.74) is 4.60. The number of ketones is 1. The van der Waals surface area contributed by atoms with E-state index in [0.717, 1.165) is 46.8 Å². The summed E-state index contributed by atoms with van der Waals surface area (Å²) in [6.45, 7) is 5.73. The minimum atomic E-state index is -0.0117. The molecule has 2 N–H and O–H groups in total. The van der Waals surface area contributed by atoms with Crippen molar-refractivity contribution in [3.05, 3.63) is 48.0 Å². The van der Waals surface area contributed by atoms with Gasteiger partial charge in [0.1, 0.15) is 5.82 Å². The van der Waals surface area contributed by atoms with E-state index in [0.29, 0.717) is 0 Å². The zero-order chi connectivity index (χ0) is 18.7. The molecule has 0 atom stereocenters. The largest absolute Gasteiger partial charge is 0.384 e. The Morgan fingerprint density at radius 1 is 1.15 bits per heavy atom. The van der Waals surface area contributed by atoms with Crippen LogP contribution >= 0.6 is 0 Å². The van der Waals surface area contributed by atoms with Gasteiger partial charge in [-0.1, -0.05) is 13.8 Å². The lowest BCUT2D eigenvalue weighted by Gasteiger charge is -2.11. The second kappa shape index (κ2) is 7.70. The molecule has 5 heteroatoms. The minimum absolute atomic E-state index is 0.0117. The number of aromatic amines is 1. The second-order valence-corrected chi connectivity index (χ2v) is 7.14. The van der Waals surface area contributed by atoms with Crippen molar-refractivity contribution in [2.45, 2.75) is 13.8 Å². The molecule has 0 unspecified atom stereocenters. The minimum Gasteiger partial charge on any atom is -0.384 e. The monoisotopic (exact) mass is 350 g/mol. The predicted molar refractivity (Wildman–Crippen MR) is 108 cm³/mol. The molecular formula is C21H26N4O. The number of carbonyl (C=O) groups is 1. The summed E-state index contributed by atoms with van der Waals surface area (Å²) in [6.07, 6.45) is 0. The highest BCUT2D eigenvalue weighted by Crippen LogP contribution is 2.23. The van der Waals surface area contributed by atoms with Crippen LogP contribution in [0.25, 0.3) is 22.4 Å². The normalized spacial score (nSPS) is 11.5. The average molecular weight is 350 g/mol. The molecule has 0 aliphatic carbocycles. The van der Waals surface area contributed by atoms with Gasteiger partial charge in [-0.15, -0.1) is 0 Å². The van der Waals surface area contributed by atoms with Gasteiger partial charge in [0.05, 0.1) is 11.0 Å². The molecule has 3 rings (SSSR count). The number of imidazole rings is 1. The fourth-order valence-corrected chi connectivity index (χ4v) is 2.80. The number of anilines is 1. The van der Waals surface area contributed by atoms with Crippen molar-refractivity contribution < 1.29 is 4.79 Å². The van der Waals surface area contributed by atoms with E-state index in [2.05, 4.69) is 58.5 Å². The molecule has 0 radical (unpaired) electrons. The number of Topliss-reactive ketones (excluding diaryl/α,β-unsaturated/α-hetero) is 1. The number of rotatable bonds is 7. The van der Waals surface area contributed by atoms with Crippen molar-refractivity contribution in [2.24, 2.45) is 5.92 Å². The number of hydrogen-bond acceptors (Lipinski definition) is 4. The van der Waals surface area contributed by atoms with Crippen LogP contribution in [-0.4, -0.2) is 47.8 Å². The highest BCUT2D eigenvalue weighted by Gasteiger charge is 2.12. The fraction of sp³-hybridized carbons (Fsp3) is 0.333. The lowest BCUT2D eigenvalue weighted by Crippen LogP contribution is -2.20. The first-order valence-corrected chi connectivity index (χ1v) is 8.97. The van der Waals surface area contributed by atoms with E-state index >= 15 is 0 Å². The third-order valence-electron chi connectivity index (χ3n) is 4.34. The number of H-pyrrole nitrogens is 1. The Kier molecular flexibility index (Phi) is 5.38. The van der Waals surface area contributed by atoms with E-state index in [4.69, 9.17) is 0 Å². The molecule has 0 amide bonds. The maximum absolute atomic E-state index is 12.2. The lowest BCUT2D eigenvalue weighted by molar-refractivity contribution is 0.0939. The quantitative estimate of drug-likeness (QED) is 0.631. The Morgan fingerprint density at radius 3 is 2.54 bits per heavy atom. The molecule has 2 aromatic carbocycles. The van der Waals surface area contributed by atoms with Gasteiger partial charge in [0, 0.05) is 35.8 Å². The van der Waals surface area contributed by atoms with Gasteiger partial charge < -0.3 is 15.2 Å². The molecule has 0 spiro atoms. The summed E-state index contributed by atoms with van der Waals surface area (Å²) in [4.78, 5) is 22.3. The molecule has 1 aromatic heterocycles. The third-order valence-corrected chi connectivity index (χ3v) is 4.34. The highest BCUT2D eigenvalue weighted by atomic mass is 16.1. The number of fused-ring (bicyclic) bond motifs is 1. The van der Waals surface area contributed by atoms with Crippen LogP contribution in [0.15, 0.2) is 42.5 Å². The molecule has 0 aliphatic heterocycles. The van der Waals surface area contributed by atoms with Crippen molar-refractivity contribution in [1.29, 1.82) is 0 Å². The molecule has 0 bridgehead atoms. The van der Waals surface area contributed by atoms with Gasteiger partial charge in [-0.25, -0.2) is 4.98 Å². The first-order valence-electron chi connectivity index (χ1n) is 8.97. The highest BCUT2D eigenvalue weighted by molar-refractivity contribution is 6.00.